The zero-order chi connectivity index (χ0) is 14.7. The minimum atomic E-state index is 0.229. The highest BCUT2D eigenvalue weighted by atomic mass is 16.3. The smallest absolute Gasteiger partial charge is 0.164 e. The minimum Gasteiger partial charge on any atom is -0.508 e. The molecule has 0 saturated carbocycles. The summed E-state index contributed by atoms with van der Waals surface area (Å²) >= 11 is 0. The van der Waals surface area contributed by atoms with Gasteiger partial charge in [0.2, 0.25) is 0 Å². The van der Waals surface area contributed by atoms with Crippen molar-refractivity contribution in [1.29, 1.82) is 0 Å². The fraction of sp³-hybridized carbons (Fsp3) is 0.176. The van der Waals surface area contributed by atoms with Crippen LogP contribution in [0, 0.1) is 5.92 Å². The van der Waals surface area contributed by atoms with Crippen LogP contribution in [0.1, 0.15) is 19.2 Å². The molecular weight excluding hydrogens is 262 g/mol. The molecule has 1 unspecified atom stereocenters. The molecule has 4 nitrogen and oxygen atoms in total. The molecule has 1 atom stereocenters. The summed E-state index contributed by atoms with van der Waals surface area (Å²) in [6.45, 7) is 2.14. The van der Waals surface area contributed by atoms with Crippen LogP contribution >= 0.6 is 0 Å². The monoisotopic (exact) mass is 279 g/mol. The van der Waals surface area contributed by atoms with Gasteiger partial charge >= 0.3 is 0 Å². The van der Waals surface area contributed by atoms with Crippen LogP contribution in [0.5, 0.6) is 0 Å². The van der Waals surface area contributed by atoms with Crippen molar-refractivity contribution in [3.05, 3.63) is 72.6 Å². The number of nitrogens with zero attached hydrogens (tertiary/aromatic N) is 3. The third kappa shape index (κ3) is 2.94. The molecule has 21 heavy (non-hydrogen) atoms. The number of hydrogen-bond acceptors (Lipinski definition) is 3. The van der Waals surface area contributed by atoms with E-state index < -0.39 is 0 Å². The van der Waals surface area contributed by atoms with Crippen LogP contribution in [0.2, 0.25) is 0 Å². The summed E-state index contributed by atoms with van der Waals surface area (Å²) in [7, 11) is 0. The summed E-state index contributed by atoms with van der Waals surface area (Å²) in [4.78, 5) is 0. The topological polar surface area (TPSA) is 50.9 Å². The average Bonchev–Trinajstić information content (AvgIpc) is 2.72. The normalized spacial score (nSPS) is 21.4. The van der Waals surface area contributed by atoms with Crippen molar-refractivity contribution in [2.75, 3.05) is 0 Å². The predicted molar refractivity (Wildman–Crippen MR) is 84.2 cm³/mol. The fourth-order valence-electron chi connectivity index (χ4n) is 2.31. The van der Waals surface area contributed by atoms with E-state index in [2.05, 4.69) is 35.3 Å². The molecule has 0 bridgehead atoms. The van der Waals surface area contributed by atoms with Gasteiger partial charge in [-0.05, 0) is 36.6 Å². The number of aliphatic hydroxyl groups excluding tert-OH is 1. The molecule has 1 aromatic heterocycles. The predicted octanol–water partition coefficient (Wildman–Crippen LogP) is 3.67. The summed E-state index contributed by atoms with van der Waals surface area (Å²) < 4.78 is 1.94. The minimum absolute atomic E-state index is 0.229. The molecular formula is C17H17N3O. The summed E-state index contributed by atoms with van der Waals surface area (Å²) in [6.07, 6.45) is 20.1. The standard InChI is InChI=1S/C17H17N3O/c1-13-5-4-7-15(10-9-13)20-12-18-19-17(20)14-6-2-3-8-16(21)11-14/h2-5,7-13,21H,6H2,1H3. The molecule has 0 spiro atoms. The molecule has 0 aromatic carbocycles. The third-order valence-electron chi connectivity index (χ3n) is 3.43. The van der Waals surface area contributed by atoms with E-state index in [0.717, 1.165) is 17.1 Å². The van der Waals surface area contributed by atoms with Gasteiger partial charge in [0.15, 0.2) is 5.82 Å². The van der Waals surface area contributed by atoms with Crippen LogP contribution < -0.4 is 0 Å². The number of aliphatic hydroxyl groups is 1. The maximum absolute atomic E-state index is 9.78. The molecule has 0 radical (unpaired) electrons. The lowest BCUT2D eigenvalue weighted by Crippen LogP contribution is -2.00. The van der Waals surface area contributed by atoms with Gasteiger partial charge in [0.25, 0.3) is 0 Å². The van der Waals surface area contributed by atoms with Crippen molar-refractivity contribution in [2.24, 2.45) is 5.92 Å². The molecule has 2 aliphatic carbocycles. The summed E-state index contributed by atoms with van der Waals surface area (Å²) in [6, 6.07) is 0. The highest BCUT2D eigenvalue weighted by Gasteiger charge is 2.13. The maximum atomic E-state index is 9.78. The van der Waals surface area contributed by atoms with Gasteiger partial charge in [-0.1, -0.05) is 37.3 Å². The highest BCUT2D eigenvalue weighted by molar-refractivity contribution is 5.70. The van der Waals surface area contributed by atoms with Crippen LogP contribution in [-0.4, -0.2) is 19.9 Å². The van der Waals surface area contributed by atoms with Crippen LogP contribution in [0.4, 0.5) is 0 Å². The highest BCUT2D eigenvalue weighted by Crippen LogP contribution is 2.24. The SMILES string of the molecule is CC1C=CC=C(n2cnnc2C2=CC(O)=CC=CC2)C=C1. The Bertz CT molecular complexity index is 714. The lowest BCUT2D eigenvalue weighted by atomic mass is 10.1. The maximum Gasteiger partial charge on any atom is 0.164 e. The molecule has 1 N–H and O–H groups in total. The molecule has 0 aliphatic heterocycles. The van der Waals surface area contributed by atoms with Crippen molar-refractivity contribution in [3.63, 3.8) is 0 Å². The van der Waals surface area contributed by atoms with Crippen molar-refractivity contribution in [2.45, 2.75) is 13.3 Å². The van der Waals surface area contributed by atoms with Gasteiger partial charge in [-0.25, -0.2) is 0 Å². The van der Waals surface area contributed by atoms with E-state index in [1.54, 1.807) is 18.5 Å². The first-order valence-electron chi connectivity index (χ1n) is 6.98. The van der Waals surface area contributed by atoms with Crippen molar-refractivity contribution < 1.29 is 5.11 Å². The van der Waals surface area contributed by atoms with Crippen LogP contribution in [0.3, 0.4) is 0 Å². The molecule has 106 valence electrons. The number of allylic oxidation sites excluding steroid dienone is 11. The molecule has 2 aliphatic rings. The van der Waals surface area contributed by atoms with Crippen molar-refractivity contribution in [3.8, 4) is 0 Å². The number of aromatic nitrogens is 3. The zero-order valence-electron chi connectivity index (χ0n) is 11.8. The molecule has 0 saturated heterocycles. The van der Waals surface area contributed by atoms with Gasteiger partial charge in [0, 0.05) is 11.3 Å². The van der Waals surface area contributed by atoms with Gasteiger partial charge < -0.3 is 5.11 Å². The Kier molecular flexibility index (Phi) is 3.69. The third-order valence-corrected chi connectivity index (χ3v) is 3.43. The number of rotatable bonds is 2. The lowest BCUT2D eigenvalue weighted by molar-refractivity contribution is 0.433. The first-order valence-corrected chi connectivity index (χ1v) is 6.98. The quantitative estimate of drug-likeness (QED) is 0.898. The Hall–Kier alpha value is -2.62. The first kappa shape index (κ1) is 13.4. The van der Waals surface area contributed by atoms with Gasteiger partial charge in [0.1, 0.15) is 12.1 Å². The molecule has 4 heteroatoms. The molecule has 3 rings (SSSR count). The van der Waals surface area contributed by atoms with Crippen LogP contribution in [0.25, 0.3) is 11.3 Å². The van der Waals surface area contributed by atoms with Crippen molar-refractivity contribution in [1.82, 2.24) is 14.8 Å². The van der Waals surface area contributed by atoms with Gasteiger partial charge in [-0.15, -0.1) is 10.2 Å². The van der Waals surface area contributed by atoms with Crippen molar-refractivity contribution >= 4 is 11.3 Å². The van der Waals surface area contributed by atoms with Gasteiger partial charge in [-0.2, -0.15) is 0 Å². The van der Waals surface area contributed by atoms with E-state index in [0.29, 0.717) is 12.3 Å². The van der Waals surface area contributed by atoms with Crippen LogP contribution in [-0.2, 0) is 0 Å². The molecule has 0 amide bonds. The van der Waals surface area contributed by atoms with E-state index in [9.17, 15) is 5.11 Å². The summed E-state index contributed by atoms with van der Waals surface area (Å²) in [5, 5.41) is 18.0. The molecule has 1 heterocycles. The zero-order valence-corrected chi connectivity index (χ0v) is 11.8. The average molecular weight is 279 g/mol. The second-order valence-electron chi connectivity index (χ2n) is 5.11. The van der Waals surface area contributed by atoms with E-state index in [1.807, 2.05) is 28.9 Å². The van der Waals surface area contributed by atoms with E-state index in [-0.39, 0.29) is 5.76 Å². The van der Waals surface area contributed by atoms with E-state index >= 15 is 0 Å². The molecule has 1 aromatic rings. The Morgan fingerprint density at radius 3 is 3.05 bits per heavy atom. The van der Waals surface area contributed by atoms with Gasteiger partial charge in [-0.3, -0.25) is 4.57 Å². The van der Waals surface area contributed by atoms with Crippen LogP contribution in [0.15, 0.2) is 66.8 Å². The van der Waals surface area contributed by atoms with E-state index in [4.69, 9.17) is 0 Å². The fourth-order valence-corrected chi connectivity index (χ4v) is 2.31. The first-order chi connectivity index (χ1) is 10.2. The summed E-state index contributed by atoms with van der Waals surface area (Å²) in [5.41, 5.74) is 1.94. The Labute approximate surface area is 123 Å². The Morgan fingerprint density at radius 2 is 2.14 bits per heavy atom. The van der Waals surface area contributed by atoms with Gasteiger partial charge in [0.05, 0.1) is 0 Å². The molecule has 0 fully saturated rings. The second kappa shape index (κ2) is 5.79. The second-order valence-corrected chi connectivity index (χ2v) is 5.11. The Morgan fingerprint density at radius 1 is 1.24 bits per heavy atom. The lowest BCUT2D eigenvalue weighted by Gasteiger charge is -2.09. The Balaban J connectivity index is 2.01. The largest absolute Gasteiger partial charge is 0.508 e. The number of hydrogen-bond donors (Lipinski definition) is 1. The summed E-state index contributed by atoms with van der Waals surface area (Å²) in [5.74, 6) is 1.39. The van der Waals surface area contributed by atoms with E-state index in [1.165, 1.54) is 0 Å².